The van der Waals surface area contributed by atoms with Crippen LogP contribution in [0.4, 0.5) is 0 Å². The molecule has 0 aromatic carbocycles. The number of aliphatic hydroxyl groups is 2. The van der Waals surface area contributed by atoms with E-state index in [-0.39, 0.29) is 45.0 Å². The monoisotopic (exact) mass is 505 g/mol. The summed E-state index contributed by atoms with van der Waals surface area (Å²) in [6.45, 7) is 12.2. The molecule has 8 atom stereocenters. The number of nitriles is 1. The van der Waals surface area contributed by atoms with Gasteiger partial charge in [0.2, 0.25) is 0 Å². The van der Waals surface area contributed by atoms with E-state index in [0.29, 0.717) is 23.2 Å². The van der Waals surface area contributed by atoms with Gasteiger partial charge in [0.25, 0.3) is 0 Å². The second-order valence-corrected chi connectivity index (χ2v) is 15.6. The number of carbonyl (C=O) groups is 1. The van der Waals surface area contributed by atoms with Gasteiger partial charge in [0.15, 0.2) is 5.78 Å². The molecular weight excluding hydrogens is 458 g/mol. The first-order valence-electron chi connectivity index (χ1n) is 15.0. The van der Waals surface area contributed by atoms with Crippen LogP contribution in [0.3, 0.4) is 0 Å². The van der Waals surface area contributed by atoms with Crippen LogP contribution >= 0.6 is 0 Å². The largest absolute Gasteiger partial charge is 0.396 e. The van der Waals surface area contributed by atoms with E-state index in [1.54, 1.807) is 0 Å². The Labute approximate surface area is 223 Å². The van der Waals surface area contributed by atoms with Gasteiger partial charge in [-0.2, -0.15) is 5.26 Å². The summed E-state index contributed by atoms with van der Waals surface area (Å²) in [5.41, 5.74) is 1.43. The first kappa shape index (κ1) is 25.8. The van der Waals surface area contributed by atoms with Gasteiger partial charge < -0.3 is 10.2 Å². The van der Waals surface area contributed by atoms with Gasteiger partial charge in [-0.05, 0) is 110 Å². The summed E-state index contributed by atoms with van der Waals surface area (Å²) in [5, 5.41) is 30.9. The number of allylic oxidation sites excluding steroid dienone is 3. The highest BCUT2D eigenvalue weighted by atomic mass is 16.3. The molecule has 4 saturated carbocycles. The highest BCUT2D eigenvalue weighted by Gasteiger charge is 2.72. The number of aliphatic hydroxyl groups excluding tert-OH is 2. The fraction of sp³-hybridized carbons (Fsp3) is 0.818. The minimum absolute atomic E-state index is 0.0249. The molecule has 0 aromatic heterocycles. The van der Waals surface area contributed by atoms with Crippen LogP contribution in [0.25, 0.3) is 0 Å². The number of carbonyl (C=O) groups excluding carboxylic acids is 1. The Kier molecular flexibility index (Phi) is 5.46. The molecule has 1 unspecified atom stereocenters. The number of nitrogens with zero attached hydrogens (tertiary/aromatic N) is 1. The summed E-state index contributed by atoms with van der Waals surface area (Å²) in [5.74, 6) is 0.995. The van der Waals surface area contributed by atoms with Crippen molar-refractivity contribution in [3.63, 3.8) is 0 Å². The Morgan fingerprint density at radius 3 is 2.38 bits per heavy atom. The van der Waals surface area contributed by atoms with Crippen molar-refractivity contribution in [3.05, 3.63) is 23.3 Å². The average Bonchev–Trinajstić information content (AvgIpc) is 3.63. The second-order valence-electron chi connectivity index (χ2n) is 15.6. The molecule has 4 heteroatoms. The van der Waals surface area contributed by atoms with Crippen LogP contribution in [-0.2, 0) is 4.79 Å². The Hall–Kier alpha value is -1.44. The van der Waals surface area contributed by atoms with Crippen molar-refractivity contribution in [1.82, 2.24) is 0 Å². The molecule has 0 aliphatic heterocycles. The molecule has 2 N–H and O–H groups in total. The zero-order valence-corrected chi connectivity index (χ0v) is 23.7. The van der Waals surface area contributed by atoms with Gasteiger partial charge >= 0.3 is 0 Å². The van der Waals surface area contributed by atoms with Crippen LogP contribution in [0.15, 0.2) is 23.3 Å². The lowest BCUT2D eigenvalue weighted by Crippen LogP contribution is -2.64. The van der Waals surface area contributed by atoms with Crippen molar-refractivity contribution in [3.8, 4) is 6.07 Å². The standard InChI is InChI=1S/C33H47NO3/c1-28(2)10-12-32(8-6-16-35)13-11-31(5)26(22(32)19-28)23(36)17-25-29(3)18-21(20-34)27(37)33(14-15-33)24(29)7-9-30(25,31)4/h17-18,22,24,26-27,35,37H,6-16,19H2,1-5H3/t22-,24+,26-,27?,29-,30+,31+,32+/m0/s1. The number of ketones is 1. The molecule has 0 aromatic rings. The minimum atomic E-state index is -0.658. The SMILES string of the molecule is CC1(C)CC[C@]2(CCCO)CC[C@]3(C)[C@H](C(=O)C=C4[C@@]5(C)C=C(C#N)C(O)C6(CC6)[C@@H]5CC[C@]43C)[C@@H]2C1. The van der Waals surface area contributed by atoms with Gasteiger partial charge in [-0.25, -0.2) is 0 Å². The van der Waals surface area contributed by atoms with Crippen LogP contribution in [0, 0.1) is 61.6 Å². The molecule has 0 radical (unpaired) electrons. The third-order valence-corrected chi connectivity index (χ3v) is 13.6. The molecule has 202 valence electrons. The zero-order chi connectivity index (χ0) is 26.6. The minimum Gasteiger partial charge on any atom is -0.396 e. The van der Waals surface area contributed by atoms with Crippen molar-refractivity contribution in [1.29, 1.82) is 5.26 Å². The van der Waals surface area contributed by atoms with E-state index in [0.717, 1.165) is 57.8 Å². The third kappa shape index (κ3) is 3.17. The molecule has 1 spiro atoms. The van der Waals surface area contributed by atoms with E-state index in [2.05, 4.69) is 52.8 Å². The van der Waals surface area contributed by atoms with Crippen molar-refractivity contribution >= 4 is 5.78 Å². The fourth-order valence-electron chi connectivity index (χ4n) is 11.2. The lowest BCUT2D eigenvalue weighted by molar-refractivity contribution is -0.172. The van der Waals surface area contributed by atoms with E-state index in [1.165, 1.54) is 18.4 Å². The van der Waals surface area contributed by atoms with E-state index in [1.807, 2.05) is 0 Å². The van der Waals surface area contributed by atoms with E-state index < -0.39 is 6.10 Å². The normalized spacial score (nSPS) is 49.0. The van der Waals surface area contributed by atoms with Gasteiger partial charge in [0, 0.05) is 23.4 Å². The maximum atomic E-state index is 14.5. The first-order valence-corrected chi connectivity index (χ1v) is 15.0. The van der Waals surface area contributed by atoms with Gasteiger partial charge in [0.1, 0.15) is 0 Å². The maximum Gasteiger partial charge on any atom is 0.159 e. The van der Waals surface area contributed by atoms with Gasteiger partial charge in [-0.15, -0.1) is 0 Å². The van der Waals surface area contributed by atoms with E-state index >= 15 is 0 Å². The second kappa shape index (κ2) is 7.82. The molecule has 4 fully saturated rings. The molecule has 0 heterocycles. The molecule has 0 saturated heterocycles. The van der Waals surface area contributed by atoms with Crippen LogP contribution < -0.4 is 0 Å². The predicted molar refractivity (Wildman–Crippen MR) is 144 cm³/mol. The van der Waals surface area contributed by atoms with Gasteiger partial charge in [-0.1, -0.05) is 46.3 Å². The van der Waals surface area contributed by atoms with Crippen molar-refractivity contribution < 1.29 is 15.0 Å². The lowest BCUT2D eigenvalue weighted by atomic mass is 9.34. The van der Waals surface area contributed by atoms with E-state index in [9.17, 15) is 20.3 Å². The quantitative estimate of drug-likeness (QED) is 0.457. The summed E-state index contributed by atoms with van der Waals surface area (Å²) in [7, 11) is 0. The highest BCUT2D eigenvalue weighted by Crippen LogP contribution is 2.77. The fourth-order valence-corrected chi connectivity index (χ4v) is 11.2. The number of hydrogen-bond acceptors (Lipinski definition) is 4. The Morgan fingerprint density at radius 2 is 1.73 bits per heavy atom. The first-order chi connectivity index (χ1) is 17.3. The zero-order valence-electron chi connectivity index (χ0n) is 23.7. The predicted octanol–water partition coefficient (Wildman–Crippen LogP) is 6.52. The Balaban J connectivity index is 1.49. The van der Waals surface area contributed by atoms with Crippen molar-refractivity contribution in [2.45, 2.75) is 111 Å². The molecule has 0 amide bonds. The smallest absolute Gasteiger partial charge is 0.159 e. The van der Waals surface area contributed by atoms with Gasteiger partial charge in [0.05, 0.1) is 17.7 Å². The summed E-state index contributed by atoms with van der Waals surface area (Å²) in [6, 6.07) is 2.34. The van der Waals surface area contributed by atoms with Crippen LogP contribution in [0.5, 0.6) is 0 Å². The van der Waals surface area contributed by atoms with Gasteiger partial charge in [-0.3, -0.25) is 4.79 Å². The topological polar surface area (TPSA) is 81.3 Å². The maximum absolute atomic E-state index is 14.5. The Bertz CT molecular complexity index is 1120. The molecule has 4 nitrogen and oxygen atoms in total. The molecule has 6 aliphatic rings. The summed E-state index contributed by atoms with van der Waals surface area (Å²) in [6.07, 6.45) is 15.1. The molecular formula is C33H47NO3. The number of hydrogen-bond donors (Lipinski definition) is 2. The summed E-state index contributed by atoms with van der Waals surface area (Å²) in [4.78, 5) is 14.5. The van der Waals surface area contributed by atoms with Crippen molar-refractivity contribution in [2.24, 2.45) is 50.2 Å². The van der Waals surface area contributed by atoms with E-state index in [4.69, 9.17) is 0 Å². The van der Waals surface area contributed by atoms with Crippen LogP contribution in [0.2, 0.25) is 0 Å². The molecule has 0 bridgehead atoms. The number of rotatable bonds is 3. The third-order valence-electron chi connectivity index (χ3n) is 13.6. The van der Waals surface area contributed by atoms with Crippen LogP contribution in [-0.4, -0.2) is 28.7 Å². The summed E-state index contributed by atoms with van der Waals surface area (Å²) >= 11 is 0. The number of fused-ring (bicyclic) bond motifs is 8. The van der Waals surface area contributed by atoms with Crippen LogP contribution in [0.1, 0.15) is 105 Å². The summed E-state index contributed by atoms with van der Waals surface area (Å²) < 4.78 is 0. The molecule has 6 aliphatic carbocycles. The average molecular weight is 506 g/mol. The Morgan fingerprint density at radius 1 is 1.03 bits per heavy atom. The van der Waals surface area contributed by atoms with Crippen molar-refractivity contribution in [2.75, 3.05) is 6.61 Å². The lowest BCUT2D eigenvalue weighted by Gasteiger charge is -2.69. The molecule has 6 rings (SSSR count). The molecule has 37 heavy (non-hydrogen) atoms. The highest BCUT2D eigenvalue weighted by molar-refractivity contribution is 5.95.